The molecule has 0 radical (unpaired) electrons. The number of amides is 1. The smallest absolute Gasteiger partial charge is 0.240 e. The third-order valence-electron chi connectivity index (χ3n) is 3.51. The summed E-state index contributed by atoms with van der Waals surface area (Å²) >= 11 is 1.71. The summed E-state index contributed by atoms with van der Waals surface area (Å²) < 4.78 is 13.4. The first kappa shape index (κ1) is 14.3. The van der Waals surface area contributed by atoms with E-state index in [0.717, 1.165) is 22.6 Å². The lowest BCUT2D eigenvalue weighted by molar-refractivity contribution is -0.127. The number of fused-ring (bicyclic) bond motifs is 1. The quantitative estimate of drug-likeness (QED) is 0.895. The molecule has 1 amide bonds. The molecule has 2 rings (SSSR count). The molecule has 1 atom stereocenters. The van der Waals surface area contributed by atoms with Gasteiger partial charge in [0.2, 0.25) is 5.91 Å². The molecule has 1 aromatic carbocycles. The molecular formula is C14H19FN2OS. The molecule has 0 bridgehead atoms. The van der Waals surface area contributed by atoms with Gasteiger partial charge in [-0.25, -0.2) is 4.39 Å². The van der Waals surface area contributed by atoms with Crippen molar-refractivity contribution in [2.24, 2.45) is 0 Å². The topological polar surface area (TPSA) is 41.1 Å². The number of hydrogen-bond acceptors (Lipinski definition) is 3. The van der Waals surface area contributed by atoms with Crippen LogP contribution in [0.25, 0.3) is 0 Å². The average molecular weight is 282 g/mol. The summed E-state index contributed by atoms with van der Waals surface area (Å²) in [6.07, 6.45) is 0.826. The van der Waals surface area contributed by atoms with Crippen molar-refractivity contribution in [2.75, 3.05) is 12.8 Å². The van der Waals surface area contributed by atoms with Gasteiger partial charge < -0.3 is 10.6 Å². The lowest BCUT2D eigenvalue weighted by atomic mass is 10.00. The highest BCUT2D eigenvalue weighted by molar-refractivity contribution is 7.99. The first-order valence-electron chi connectivity index (χ1n) is 6.36. The Balaban J connectivity index is 2.20. The molecule has 2 N–H and O–H groups in total. The van der Waals surface area contributed by atoms with Gasteiger partial charge in [-0.3, -0.25) is 4.79 Å². The van der Waals surface area contributed by atoms with Crippen LogP contribution < -0.4 is 10.6 Å². The number of carbonyl (C=O) groups is 1. The zero-order valence-electron chi connectivity index (χ0n) is 11.4. The second-order valence-corrected chi connectivity index (χ2v) is 6.36. The molecule has 0 spiro atoms. The molecule has 5 heteroatoms. The highest BCUT2D eigenvalue weighted by atomic mass is 32.2. The van der Waals surface area contributed by atoms with Gasteiger partial charge in [-0.2, -0.15) is 0 Å². The Hall–Kier alpha value is -1.07. The van der Waals surface area contributed by atoms with Crippen LogP contribution >= 0.6 is 11.8 Å². The Kier molecular flexibility index (Phi) is 4.16. The van der Waals surface area contributed by atoms with Gasteiger partial charge in [0, 0.05) is 10.6 Å². The molecule has 1 heterocycles. The Morgan fingerprint density at radius 1 is 1.47 bits per heavy atom. The van der Waals surface area contributed by atoms with Crippen LogP contribution in [0.5, 0.6) is 0 Å². The second kappa shape index (κ2) is 5.51. The average Bonchev–Trinajstić information content (AvgIpc) is 2.39. The number of carbonyl (C=O) groups excluding carboxylic acids is 1. The molecule has 0 fully saturated rings. The van der Waals surface area contributed by atoms with Gasteiger partial charge in [-0.15, -0.1) is 11.8 Å². The minimum atomic E-state index is -0.627. The predicted octanol–water partition coefficient (Wildman–Crippen LogP) is 2.48. The van der Waals surface area contributed by atoms with Crippen molar-refractivity contribution >= 4 is 17.7 Å². The second-order valence-electron chi connectivity index (χ2n) is 5.22. The van der Waals surface area contributed by atoms with E-state index in [-0.39, 0.29) is 17.8 Å². The standard InChI is InChI=1S/C14H19FN2OS/c1-14(2,16-3)13(18)17-11-6-7-19-12-5-4-9(15)8-10(11)12/h4-5,8,11,16H,6-7H2,1-3H3,(H,17,18). The zero-order chi connectivity index (χ0) is 14.0. The summed E-state index contributed by atoms with van der Waals surface area (Å²) in [6, 6.07) is 4.68. The van der Waals surface area contributed by atoms with E-state index in [1.165, 1.54) is 12.1 Å². The van der Waals surface area contributed by atoms with Gasteiger partial charge in [0.05, 0.1) is 11.6 Å². The van der Waals surface area contributed by atoms with Gasteiger partial charge in [-0.1, -0.05) is 0 Å². The lowest BCUT2D eigenvalue weighted by Gasteiger charge is -2.30. The summed E-state index contributed by atoms with van der Waals surface area (Å²) in [4.78, 5) is 13.2. The summed E-state index contributed by atoms with van der Waals surface area (Å²) in [6.45, 7) is 3.65. The van der Waals surface area contributed by atoms with E-state index in [9.17, 15) is 9.18 Å². The van der Waals surface area contributed by atoms with E-state index in [1.54, 1.807) is 24.9 Å². The molecule has 0 saturated heterocycles. The minimum Gasteiger partial charge on any atom is -0.348 e. The molecule has 1 aromatic rings. The Morgan fingerprint density at radius 3 is 2.89 bits per heavy atom. The summed E-state index contributed by atoms with van der Waals surface area (Å²) in [5.41, 5.74) is 0.259. The lowest BCUT2D eigenvalue weighted by Crippen LogP contribution is -2.52. The van der Waals surface area contributed by atoms with Gasteiger partial charge >= 0.3 is 0 Å². The molecular weight excluding hydrogens is 263 g/mol. The molecule has 0 aliphatic carbocycles. The van der Waals surface area contributed by atoms with Crippen LogP contribution in [0.4, 0.5) is 4.39 Å². The monoisotopic (exact) mass is 282 g/mol. The fourth-order valence-electron chi connectivity index (χ4n) is 1.97. The highest BCUT2D eigenvalue weighted by Gasteiger charge is 2.30. The van der Waals surface area contributed by atoms with Crippen LogP contribution in [0.1, 0.15) is 31.9 Å². The van der Waals surface area contributed by atoms with E-state index in [2.05, 4.69) is 10.6 Å². The van der Waals surface area contributed by atoms with Crippen molar-refractivity contribution in [1.29, 1.82) is 0 Å². The van der Waals surface area contributed by atoms with Crippen molar-refractivity contribution in [3.8, 4) is 0 Å². The maximum Gasteiger partial charge on any atom is 0.240 e. The number of hydrogen-bond donors (Lipinski definition) is 2. The van der Waals surface area contributed by atoms with Gasteiger partial charge in [0.1, 0.15) is 5.82 Å². The van der Waals surface area contributed by atoms with Gasteiger partial charge in [0.15, 0.2) is 0 Å². The summed E-state index contributed by atoms with van der Waals surface area (Å²) in [5.74, 6) is 0.610. The number of halogens is 1. The maximum absolute atomic E-state index is 13.4. The molecule has 1 aliphatic rings. The zero-order valence-corrected chi connectivity index (χ0v) is 12.2. The highest BCUT2D eigenvalue weighted by Crippen LogP contribution is 2.36. The number of nitrogens with one attached hydrogen (secondary N) is 2. The van der Waals surface area contributed by atoms with Gasteiger partial charge in [0.25, 0.3) is 0 Å². The minimum absolute atomic E-state index is 0.0675. The first-order valence-corrected chi connectivity index (χ1v) is 7.35. The van der Waals surface area contributed by atoms with E-state index >= 15 is 0 Å². The molecule has 19 heavy (non-hydrogen) atoms. The SMILES string of the molecule is CNC(C)(C)C(=O)NC1CCSc2ccc(F)cc21. The van der Waals surface area contributed by atoms with Crippen LogP contribution in [0, 0.1) is 5.82 Å². The largest absolute Gasteiger partial charge is 0.348 e. The van der Waals surface area contributed by atoms with Crippen LogP contribution in [0.2, 0.25) is 0 Å². The van der Waals surface area contributed by atoms with Crippen LogP contribution in [-0.4, -0.2) is 24.2 Å². The summed E-state index contributed by atoms with van der Waals surface area (Å²) in [7, 11) is 1.75. The molecule has 1 unspecified atom stereocenters. The van der Waals surface area contributed by atoms with E-state index in [1.807, 2.05) is 13.8 Å². The third kappa shape index (κ3) is 3.09. The van der Waals surface area contributed by atoms with E-state index < -0.39 is 5.54 Å². The molecule has 104 valence electrons. The molecule has 0 saturated carbocycles. The van der Waals surface area contributed by atoms with Crippen molar-refractivity contribution in [1.82, 2.24) is 10.6 Å². The normalized spacial score (nSPS) is 18.8. The van der Waals surface area contributed by atoms with Crippen LogP contribution in [0.15, 0.2) is 23.1 Å². The molecule has 1 aliphatic heterocycles. The van der Waals surface area contributed by atoms with Crippen LogP contribution in [0.3, 0.4) is 0 Å². The van der Waals surface area contributed by atoms with Crippen LogP contribution in [-0.2, 0) is 4.79 Å². The Bertz CT molecular complexity index is 490. The van der Waals surface area contributed by atoms with E-state index in [0.29, 0.717) is 0 Å². The van der Waals surface area contributed by atoms with Gasteiger partial charge in [-0.05, 0) is 51.1 Å². The van der Waals surface area contributed by atoms with Crippen molar-refractivity contribution in [3.63, 3.8) is 0 Å². The molecule has 0 aromatic heterocycles. The Morgan fingerprint density at radius 2 is 2.21 bits per heavy atom. The molecule has 3 nitrogen and oxygen atoms in total. The van der Waals surface area contributed by atoms with E-state index in [4.69, 9.17) is 0 Å². The first-order chi connectivity index (χ1) is 8.94. The van der Waals surface area contributed by atoms with Crippen molar-refractivity contribution in [3.05, 3.63) is 29.6 Å². The maximum atomic E-state index is 13.4. The number of benzene rings is 1. The fourth-order valence-corrected chi connectivity index (χ4v) is 3.07. The van der Waals surface area contributed by atoms with Crippen molar-refractivity contribution < 1.29 is 9.18 Å². The fraction of sp³-hybridized carbons (Fsp3) is 0.500. The summed E-state index contributed by atoms with van der Waals surface area (Å²) in [5, 5.41) is 5.99. The number of rotatable bonds is 3. The number of thioether (sulfide) groups is 1. The number of likely N-dealkylation sites (N-methyl/N-ethyl adjacent to an activating group) is 1. The Labute approximate surface area is 117 Å². The predicted molar refractivity (Wildman–Crippen MR) is 75.8 cm³/mol. The third-order valence-corrected chi connectivity index (χ3v) is 4.63. The van der Waals surface area contributed by atoms with Crippen molar-refractivity contribution in [2.45, 2.75) is 36.7 Å².